The molecule has 22 heavy (non-hydrogen) atoms. The minimum absolute atomic E-state index is 0.136. The van der Waals surface area contributed by atoms with Gasteiger partial charge in [0.15, 0.2) is 0 Å². The van der Waals surface area contributed by atoms with Gasteiger partial charge in [-0.3, -0.25) is 0 Å². The van der Waals surface area contributed by atoms with Crippen LogP contribution in [0.5, 0.6) is 0 Å². The molecule has 2 aromatic carbocycles. The second-order valence-corrected chi connectivity index (χ2v) is 15.6. The summed E-state index contributed by atoms with van der Waals surface area (Å²) in [6.07, 6.45) is 0.272. The minimum atomic E-state index is -1.75. The molecule has 0 unspecified atom stereocenters. The largest absolute Gasteiger partial charge is 0.449 e. The second-order valence-electron chi connectivity index (χ2n) is 7.67. The number of hydrogen-bond donors (Lipinski definition) is 0. The van der Waals surface area contributed by atoms with E-state index in [0.29, 0.717) is 0 Å². The summed E-state index contributed by atoms with van der Waals surface area (Å²) in [6.45, 7) is 9.34. The lowest BCUT2D eigenvalue weighted by Gasteiger charge is -2.22. The summed E-state index contributed by atoms with van der Waals surface area (Å²) in [6, 6.07) is 13.5. The van der Waals surface area contributed by atoms with Crippen molar-refractivity contribution in [2.24, 2.45) is 0 Å². The SMILES string of the molecule is C[Si]1(C)O[Si](C)(C)c2cc3c(cc21)[C@@H]1O[C@H]3c2ccccc21. The number of benzene rings is 2. The molecule has 4 heteroatoms. The fraction of sp³-hybridized carbons (Fsp3) is 0.333. The van der Waals surface area contributed by atoms with Crippen molar-refractivity contribution < 1.29 is 8.85 Å². The Labute approximate surface area is 133 Å². The van der Waals surface area contributed by atoms with Gasteiger partial charge in [-0.05, 0) is 58.8 Å². The van der Waals surface area contributed by atoms with Crippen LogP contribution in [0.1, 0.15) is 34.5 Å². The molecule has 0 aliphatic carbocycles. The lowest BCUT2D eigenvalue weighted by Crippen LogP contribution is -2.44. The first-order valence-corrected chi connectivity index (χ1v) is 13.8. The second kappa shape index (κ2) is 3.82. The Morgan fingerprint density at radius 2 is 1.18 bits per heavy atom. The van der Waals surface area contributed by atoms with Gasteiger partial charge in [0, 0.05) is 0 Å². The zero-order valence-electron chi connectivity index (χ0n) is 13.4. The highest BCUT2D eigenvalue weighted by molar-refractivity contribution is 7.05. The van der Waals surface area contributed by atoms with Crippen molar-refractivity contribution in [2.45, 2.75) is 38.4 Å². The van der Waals surface area contributed by atoms with Crippen molar-refractivity contribution in [3.8, 4) is 0 Å². The lowest BCUT2D eigenvalue weighted by atomic mass is 9.86. The van der Waals surface area contributed by atoms with E-state index in [-0.39, 0.29) is 12.2 Å². The van der Waals surface area contributed by atoms with Crippen LogP contribution < -0.4 is 10.4 Å². The molecule has 0 amide bonds. The maximum absolute atomic E-state index is 6.59. The third-order valence-corrected chi connectivity index (χ3v) is 13.2. The number of fused-ring (bicyclic) bond motifs is 9. The fourth-order valence-electron chi connectivity index (χ4n) is 4.58. The summed E-state index contributed by atoms with van der Waals surface area (Å²) in [5.41, 5.74) is 5.49. The Kier molecular flexibility index (Phi) is 2.30. The maximum Gasteiger partial charge on any atom is 0.206 e. The van der Waals surface area contributed by atoms with E-state index in [4.69, 9.17) is 8.85 Å². The standard InChI is InChI=1S/C18H20O2Si2/c1-21(2)15-9-13-14(10-16(15)22(3,4)20-21)18-12-8-6-5-7-11(12)17(13)19-18/h5-10,17-18H,1-4H3/t17-,18+. The van der Waals surface area contributed by atoms with Gasteiger partial charge in [0.1, 0.15) is 12.2 Å². The molecule has 0 radical (unpaired) electrons. The van der Waals surface area contributed by atoms with Crippen LogP contribution in [0.3, 0.4) is 0 Å². The number of hydrogen-bond acceptors (Lipinski definition) is 2. The summed E-state index contributed by atoms with van der Waals surface area (Å²) >= 11 is 0. The van der Waals surface area contributed by atoms with Gasteiger partial charge in [-0.2, -0.15) is 0 Å². The van der Waals surface area contributed by atoms with E-state index >= 15 is 0 Å². The third-order valence-electron chi connectivity index (χ3n) is 5.43. The van der Waals surface area contributed by atoms with Crippen molar-refractivity contribution in [3.05, 3.63) is 58.7 Å². The first kappa shape index (κ1) is 13.3. The first-order valence-electron chi connectivity index (χ1n) is 8.02. The van der Waals surface area contributed by atoms with Gasteiger partial charge in [0.05, 0.1) is 0 Å². The molecule has 0 saturated carbocycles. The zero-order chi connectivity index (χ0) is 15.3. The summed E-state index contributed by atoms with van der Waals surface area (Å²) in [5.74, 6) is 0. The summed E-state index contributed by atoms with van der Waals surface area (Å²) in [4.78, 5) is 0. The van der Waals surface area contributed by atoms with Crippen molar-refractivity contribution in [3.63, 3.8) is 0 Å². The van der Waals surface area contributed by atoms with E-state index in [9.17, 15) is 0 Å². The first-order chi connectivity index (χ1) is 10.4. The molecule has 2 nitrogen and oxygen atoms in total. The molecule has 0 saturated heterocycles. The Morgan fingerprint density at radius 3 is 1.64 bits per heavy atom. The van der Waals surface area contributed by atoms with E-state index < -0.39 is 16.6 Å². The van der Waals surface area contributed by atoms with E-state index in [0.717, 1.165) is 0 Å². The Bertz CT molecular complexity index is 760. The molecule has 0 N–H and O–H groups in total. The Balaban J connectivity index is 1.76. The van der Waals surface area contributed by atoms with Crippen LogP contribution in [0.15, 0.2) is 36.4 Å². The van der Waals surface area contributed by atoms with Crippen molar-refractivity contribution in [2.75, 3.05) is 0 Å². The molecule has 2 aromatic rings. The molecule has 0 fully saturated rings. The van der Waals surface area contributed by atoms with Gasteiger partial charge in [0.2, 0.25) is 16.6 Å². The number of rotatable bonds is 0. The van der Waals surface area contributed by atoms with Gasteiger partial charge >= 0.3 is 0 Å². The van der Waals surface area contributed by atoms with Gasteiger partial charge in [-0.15, -0.1) is 0 Å². The normalized spacial score (nSPS) is 28.4. The smallest absolute Gasteiger partial charge is 0.206 e. The van der Waals surface area contributed by atoms with E-state index in [1.807, 2.05) is 0 Å². The van der Waals surface area contributed by atoms with Gasteiger partial charge < -0.3 is 8.85 Å². The van der Waals surface area contributed by atoms with Crippen LogP contribution in [0.2, 0.25) is 26.2 Å². The van der Waals surface area contributed by atoms with E-state index in [2.05, 4.69) is 62.6 Å². The Hall–Kier alpha value is -1.21. The summed E-state index contributed by atoms with van der Waals surface area (Å²) in [7, 11) is -3.50. The van der Waals surface area contributed by atoms with Crippen LogP contribution in [0, 0.1) is 0 Å². The Morgan fingerprint density at radius 1 is 0.727 bits per heavy atom. The summed E-state index contributed by atoms with van der Waals surface area (Å²) in [5, 5.41) is 3.02. The summed E-state index contributed by atoms with van der Waals surface area (Å²) < 4.78 is 12.9. The molecule has 112 valence electrons. The molecule has 0 aromatic heterocycles. The molecular weight excluding hydrogens is 304 g/mol. The number of ether oxygens (including phenoxy) is 1. The molecule has 3 heterocycles. The van der Waals surface area contributed by atoms with Crippen LogP contribution in [0.25, 0.3) is 0 Å². The predicted octanol–water partition coefficient (Wildman–Crippen LogP) is 3.06. The van der Waals surface area contributed by atoms with Crippen LogP contribution in [-0.2, 0) is 8.85 Å². The highest BCUT2D eigenvalue weighted by Gasteiger charge is 2.50. The van der Waals surface area contributed by atoms with Gasteiger partial charge in [-0.1, -0.05) is 36.4 Å². The quantitative estimate of drug-likeness (QED) is 0.694. The topological polar surface area (TPSA) is 18.5 Å². The predicted molar refractivity (Wildman–Crippen MR) is 93.0 cm³/mol. The van der Waals surface area contributed by atoms with Gasteiger partial charge in [-0.25, -0.2) is 0 Å². The molecule has 3 aliphatic heterocycles. The maximum atomic E-state index is 6.59. The highest BCUT2D eigenvalue weighted by atomic mass is 28.4. The molecular formula is C18H20O2Si2. The fourth-order valence-corrected chi connectivity index (χ4v) is 14.8. The zero-order valence-corrected chi connectivity index (χ0v) is 15.4. The third kappa shape index (κ3) is 1.46. The monoisotopic (exact) mass is 324 g/mol. The molecule has 5 rings (SSSR count). The van der Waals surface area contributed by atoms with Crippen molar-refractivity contribution in [1.82, 2.24) is 0 Å². The van der Waals surface area contributed by atoms with Crippen LogP contribution >= 0.6 is 0 Å². The average Bonchev–Trinajstić information content (AvgIpc) is 3.06. The average molecular weight is 325 g/mol. The van der Waals surface area contributed by atoms with Crippen LogP contribution in [0.4, 0.5) is 0 Å². The lowest BCUT2D eigenvalue weighted by molar-refractivity contribution is 0.0857. The van der Waals surface area contributed by atoms with Crippen LogP contribution in [-0.4, -0.2) is 16.6 Å². The molecule has 3 aliphatic rings. The van der Waals surface area contributed by atoms with Crippen molar-refractivity contribution >= 4 is 27.0 Å². The van der Waals surface area contributed by atoms with Gasteiger partial charge in [0.25, 0.3) is 0 Å². The van der Waals surface area contributed by atoms with E-state index in [1.54, 1.807) is 0 Å². The van der Waals surface area contributed by atoms with E-state index in [1.165, 1.54) is 32.6 Å². The molecule has 0 spiro atoms. The molecule has 2 bridgehead atoms. The minimum Gasteiger partial charge on any atom is -0.449 e. The van der Waals surface area contributed by atoms with Crippen molar-refractivity contribution in [1.29, 1.82) is 0 Å². The molecule has 2 atom stereocenters. The highest BCUT2D eigenvalue weighted by Crippen LogP contribution is 2.53.